The minimum atomic E-state index is 0.346. The average molecular weight is 320 g/mol. The van der Waals surface area contributed by atoms with Gasteiger partial charge in [-0.1, -0.05) is 13.8 Å². The molecule has 3 rings (SSSR count). The molecule has 1 aliphatic heterocycles. The topological polar surface area (TPSA) is 33.5 Å². The summed E-state index contributed by atoms with van der Waals surface area (Å²) < 4.78 is 8.06. The second kappa shape index (κ2) is 7.77. The molecule has 5 nitrogen and oxygen atoms in total. The van der Waals surface area contributed by atoms with E-state index < -0.39 is 0 Å². The van der Waals surface area contributed by atoms with Gasteiger partial charge in [0.15, 0.2) is 0 Å². The lowest BCUT2D eigenvalue weighted by Crippen LogP contribution is -2.46. The van der Waals surface area contributed by atoms with Gasteiger partial charge in [-0.15, -0.1) is 0 Å². The van der Waals surface area contributed by atoms with E-state index in [9.17, 15) is 0 Å². The third-order valence-corrected chi connectivity index (χ3v) is 4.66. The van der Waals surface area contributed by atoms with Crippen LogP contribution in [-0.2, 0) is 17.8 Å². The highest BCUT2D eigenvalue weighted by Crippen LogP contribution is 2.30. The molecule has 0 aromatic carbocycles. The quantitative estimate of drug-likeness (QED) is 0.734. The summed E-state index contributed by atoms with van der Waals surface area (Å²) in [5.41, 5.74) is 1.33. The first-order valence-corrected chi connectivity index (χ1v) is 9.12. The van der Waals surface area contributed by atoms with Crippen molar-refractivity contribution in [2.24, 2.45) is 11.8 Å². The highest BCUT2D eigenvalue weighted by atomic mass is 16.5. The number of ether oxygens (including phenoxy) is 1. The van der Waals surface area contributed by atoms with Gasteiger partial charge in [0.05, 0.1) is 18.9 Å². The van der Waals surface area contributed by atoms with Gasteiger partial charge in [0.25, 0.3) is 0 Å². The lowest BCUT2D eigenvalue weighted by Gasteiger charge is -2.34. The van der Waals surface area contributed by atoms with Crippen molar-refractivity contribution in [1.29, 1.82) is 0 Å². The lowest BCUT2D eigenvalue weighted by molar-refractivity contribution is -0.0372. The van der Waals surface area contributed by atoms with Crippen LogP contribution in [0.1, 0.15) is 32.3 Å². The van der Waals surface area contributed by atoms with Crippen molar-refractivity contribution in [2.45, 2.75) is 45.9 Å². The number of aromatic nitrogens is 2. The van der Waals surface area contributed by atoms with E-state index in [0.29, 0.717) is 12.0 Å². The van der Waals surface area contributed by atoms with Gasteiger partial charge >= 0.3 is 0 Å². The van der Waals surface area contributed by atoms with Gasteiger partial charge in [-0.3, -0.25) is 9.58 Å². The van der Waals surface area contributed by atoms with Crippen LogP contribution in [-0.4, -0.2) is 65.5 Å². The maximum Gasteiger partial charge on any atom is 0.0829 e. The molecular formula is C18H32N4O. The van der Waals surface area contributed by atoms with Gasteiger partial charge in [0.2, 0.25) is 0 Å². The Bertz CT molecular complexity index is 483. The fourth-order valence-corrected chi connectivity index (χ4v) is 3.35. The Labute approximate surface area is 140 Å². The number of morpholine rings is 1. The summed E-state index contributed by atoms with van der Waals surface area (Å²) in [6.45, 7) is 11.7. The van der Waals surface area contributed by atoms with Gasteiger partial charge in [-0.2, -0.15) is 5.10 Å². The lowest BCUT2D eigenvalue weighted by atomic mass is 10.2. The maximum absolute atomic E-state index is 5.97. The second-order valence-electron chi connectivity index (χ2n) is 7.86. The zero-order valence-electron chi connectivity index (χ0n) is 14.9. The first-order valence-electron chi connectivity index (χ1n) is 9.12. The van der Waals surface area contributed by atoms with Crippen LogP contribution in [0.4, 0.5) is 0 Å². The average Bonchev–Trinajstić information content (AvgIpc) is 3.18. The van der Waals surface area contributed by atoms with Gasteiger partial charge in [0.1, 0.15) is 0 Å². The van der Waals surface area contributed by atoms with Crippen molar-refractivity contribution in [2.75, 3.05) is 39.8 Å². The molecule has 2 fully saturated rings. The van der Waals surface area contributed by atoms with Crippen molar-refractivity contribution in [3.63, 3.8) is 0 Å². The molecule has 1 aliphatic carbocycles. The molecule has 1 aromatic rings. The maximum atomic E-state index is 5.97. The standard InChI is InChI=1S/C18H32N4O/c1-15(2)9-22-12-17(8-19-22)11-21(10-16-4-5-16)14-18-13-20(3)6-7-23-18/h8,12,15-16,18H,4-7,9-11,13-14H2,1-3H3/t18-/m0/s1. The molecule has 0 unspecified atom stereocenters. The molecule has 0 N–H and O–H groups in total. The summed E-state index contributed by atoms with van der Waals surface area (Å²) >= 11 is 0. The number of likely N-dealkylation sites (N-methyl/N-ethyl adjacent to an activating group) is 1. The summed E-state index contributed by atoms with van der Waals surface area (Å²) in [6.07, 6.45) is 7.39. The Morgan fingerprint density at radius 2 is 2.17 bits per heavy atom. The molecule has 1 aromatic heterocycles. The zero-order valence-corrected chi connectivity index (χ0v) is 14.9. The highest BCUT2D eigenvalue weighted by molar-refractivity contribution is 5.04. The van der Waals surface area contributed by atoms with Crippen LogP contribution in [0.25, 0.3) is 0 Å². The number of hydrogen-bond donors (Lipinski definition) is 0. The van der Waals surface area contributed by atoms with E-state index in [-0.39, 0.29) is 0 Å². The molecule has 1 saturated heterocycles. The highest BCUT2D eigenvalue weighted by Gasteiger charge is 2.27. The van der Waals surface area contributed by atoms with Crippen LogP contribution >= 0.6 is 0 Å². The fraction of sp³-hybridized carbons (Fsp3) is 0.833. The fourth-order valence-electron chi connectivity index (χ4n) is 3.35. The summed E-state index contributed by atoms with van der Waals surface area (Å²) in [7, 11) is 2.19. The van der Waals surface area contributed by atoms with Crippen LogP contribution < -0.4 is 0 Å². The van der Waals surface area contributed by atoms with Crippen LogP contribution in [0, 0.1) is 11.8 Å². The van der Waals surface area contributed by atoms with Crippen molar-refractivity contribution >= 4 is 0 Å². The van der Waals surface area contributed by atoms with E-state index in [2.05, 4.69) is 46.7 Å². The van der Waals surface area contributed by atoms with Gasteiger partial charge in [-0.05, 0) is 31.7 Å². The molecule has 23 heavy (non-hydrogen) atoms. The van der Waals surface area contributed by atoms with E-state index >= 15 is 0 Å². The molecular weight excluding hydrogens is 288 g/mol. The molecule has 0 radical (unpaired) electrons. The predicted octanol–water partition coefficient (Wildman–Crippen LogP) is 2.08. The van der Waals surface area contributed by atoms with Gasteiger partial charge < -0.3 is 9.64 Å². The first kappa shape index (κ1) is 16.9. The summed E-state index contributed by atoms with van der Waals surface area (Å²) in [5.74, 6) is 1.54. The van der Waals surface area contributed by atoms with Gasteiger partial charge in [-0.25, -0.2) is 0 Å². The number of hydrogen-bond acceptors (Lipinski definition) is 4. The Hall–Kier alpha value is -0.910. The van der Waals surface area contributed by atoms with Crippen LogP contribution in [0.15, 0.2) is 12.4 Å². The van der Waals surface area contributed by atoms with Crippen molar-refractivity contribution in [3.8, 4) is 0 Å². The third kappa shape index (κ3) is 5.59. The summed E-state index contributed by atoms with van der Waals surface area (Å²) in [5, 5.41) is 4.51. The molecule has 2 aliphatic rings. The summed E-state index contributed by atoms with van der Waals surface area (Å²) in [4.78, 5) is 4.96. The van der Waals surface area contributed by atoms with Crippen LogP contribution in [0.3, 0.4) is 0 Å². The molecule has 0 amide bonds. The third-order valence-electron chi connectivity index (χ3n) is 4.66. The van der Waals surface area contributed by atoms with Crippen molar-refractivity contribution in [1.82, 2.24) is 19.6 Å². The Morgan fingerprint density at radius 3 is 2.87 bits per heavy atom. The Kier molecular flexibility index (Phi) is 5.72. The predicted molar refractivity (Wildman–Crippen MR) is 92.3 cm³/mol. The van der Waals surface area contributed by atoms with Crippen LogP contribution in [0.2, 0.25) is 0 Å². The molecule has 2 heterocycles. The monoisotopic (exact) mass is 320 g/mol. The Morgan fingerprint density at radius 1 is 1.35 bits per heavy atom. The smallest absolute Gasteiger partial charge is 0.0829 e. The van der Waals surface area contributed by atoms with Crippen LogP contribution in [0.5, 0.6) is 0 Å². The molecule has 0 bridgehead atoms. The van der Waals surface area contributed by atoms with Crippen molar-refractivity contribution in [3.05, 3.63) is 18.0 Å². The normalized spacial score (nSPS) is 23.1. The molecule has 1 saturated carbocycles. The van der Waals surface area contributed by atoms with Gasteiger partial charge in [0, 0.05) is 51.0 Å². The molecule has 5 heteroatoms. The second-order valence-corrected chi connectivity index (χ2v) is 7.86. The number of nitrogens with zero attached hydrogens (tertiary/aromatic N) is 4. The first-order chi connectivity index (χ1) is 11.1. The minimum absolute atomic E-state index is 0.346. The molecule has 0 spiro atoms. The van der Waals surface area contributed by atoms with E-state index in [1.165, 1.54) is 24.9 Å². The number of rotatable bonds is 8. The van der Waals surface area contributed by atoms with E-state index in [1.54, 1.807) is 0 Å². The zero-order chi connectivity index (χ0) is 16.2. The Balaban J connectivity index is 1.56. The van der Waals surface area contributed by atoms with E-state index in [1.807, 2.05) is 6.20 Å². The van der Waals surface area contributed by atoms with E-state index in [4.69, 9.17) is 4.74 Å². The SMILES string of the molecule is CC(C)Cn1cc(CN(CC2CC2)C[C@@H]2CN(C)CCO2)cn1. The molecule has 130 valence electrons. The largest absolute Gasteiger partial charge is 0.374 e. The van der Waals surface area contributed by atoms with Crippen molar-refractivity contribution < 1.29 is 4.74 Å². The summed E-state index contributed by atoms with van der Waals surface area (Å²) in [6, 6.07) is 0. The minimum Gasteiger partial charge on any atom is -0.374 e. The van der Waals surface area contributed by atoms with E-state index in [0.717, 1.165) is 45.2 Å². The molecule has 1 atom stereocenters.